The van der Waals surface area contributed by atoms with E-state index in [0.717, 1.165) is 0 Å². The van der Waals surface area contributed by atoms with E-state index in [1.54, 1.807) is 0 Å². The molecule has 4 atom stereocenters. The quantitative estimate of drug-likeness (QED) is 0.144. The summed E-state index contributed by atoms with van der Waals surface area (Å²) in [5, 5.41) is 25.7. The highest BCUT2D eigenvalue weighted by Crippen LogP contribution is 2.09. The predicted octanol–water partition coefficient (Wildman–Crippen LogP) is -0.934. The van der Waals surface area contributed by atoms with E-state index in [9.17, 15) is 19.2 Å². The Morgan fingerprint density at radius 2 is 1.28 bits per heavy atom. The van der Waals surface area contributed by atoms with Crippen molar-refractivity contribution < 1.29 is 29.4 Å². The van der Waals surface area contributed by atoms with Gasteiger partial charge in [-0.25, -0.2) is 4.79 Å². The van der Waals surface area contributed by atoms with Gasteiger partial charge >= 0.3 is 5.97 Å². The number of rotatable bonds is 16. The molecule has 3 amide bonds. The lowest BCUT2D eigenvalue weighted by Crippen LogP contribution is -2.57. The molecule has 11 nitrogen and oxygen atoms in total. The summed E-state index contributed by atoms with van der Waals surface area (Å²) in [6, 6.07) is -4.20. The second-order valence-electron chi connectivity index (χ2n) is 8.85. The number of nitrogens with one attached hydrogen (secondary N) is 3. The fraction of sp³-hybridized carbons (Fsp3) is 0.810. The van der Waals surface area contributed by atoms with Gasteiger partial charge in [0.25, 0.3) is 0 Å². The van der Waals surface area contributed by atoms with Gasteiger partial charge in [0.05, 0.1) is 12.6 Å². The van der Waals surface area contributed by atoms with Gasteiger partial charge < -0.3 is 37.6 Å². The van der Waals surface area contributed by atoms with Crippen LogP contribution >= 0.6 is 0 Å². The zero-order valence-electron chi connectivity index (χ0n) is 19.6. The Balaban J connectivity index is 5.40. The summed E-state index contributed by atoms with van der Waals surface area (Å²) in [7, 11) is 0. The molecule has 11 heteroatoms. The topological polar surface area (TPSA) is 197 Å². The fourth-order valence-electron chi connectivity index (χ4n) is 3.09. The molecule has 0 aliphatic rings. The minimum atomic E-state index is -1.49. The maximum Gasteiger partial charge on any atom is 0.328 e. The molecule has 0 radical (unpaired) electrons. The first-order valence-electron chi connectivity index (χ1n) is 11.1. The van der Waals surface area contributed by atoms with Crippen LogP contribution in [0.4, 0.5) is 0 Å². The number of hydrogen-bond donors (Lipinski definition) is 7. The molecule has 0 rings (SSSR count). The third-order valence-corrected chi connectivity index (χ3v) is 4.78. The smallest absolute Gasteiger partial charge is 0.328 e. The Bertz CT molecular complexity index is 613. The summed E-state index contributed by atoms with van der Waals surface area (Å²) in [4.78, 5) is 49.1. The molecular formula is C21H41N5O6. The molecule has 0 aromatic heterocycles. The van der Waals surface area contributed by atoms with Crippen LogP contribution in [0.1, 0.15) is 59.8 Å². The van der Waals surface area contributed by atoms with Gasteiger partial charge in [0.2, 0.25) is 17.7 Å². The minimum Gasteiger partial charge on any atom is -0.480 e. The van der Waals surface area contributed by atoms with Crippen molar-refractivity contribution in [3.8, 4) is 0 Å². The number of amides is 3. The average Bonchev–Trinajstić information content (AvgIpc) is 2.69. The lowest BCUT2D eigenvalue weighted by atomic mass is 10.00. The number of carboxylic acids is 1. The van der Waals surface area contributed by atoms with Gasteiger partial charge in [0, 0.05) is 0 Å². The van der Waals surface area contributed by atoms with E-state index in [4.69, 9.17) is 21.7 Å². The second kappa shape index (κ2) is 15.5. The molecule has 32 heavy (non-hydrogen) atoms. The van der Waals surface area contributed by atoms with Gasteiger partial charge in [-0.15, -0.1) is 0 Å². The van der Waals surface area contributed by atoms with Crippen LogP contribution < -0.4 is 27.4 Å². The fourth-order valence-corrected chi connectivity index (χ4v) is 3.09. The first-order chi connectivity index (χ1) is 14.9. The number of aliphatic carboxylic acids is 1. The van der Waals surface area contributed by atoms with Crippen LogP contribution in [0.15, 0.2) is 0 Å². The highest BCUT2D eigenvalue weighted by Gasteiger charge is 2.30. The van der Waals surface area contributed by atoms with Crippen LogP contribution in [0.5, 0.6) is 0 Å². The normalized spacial score (nSPS) is 15.0. The minimum absolute atomic E-state index is 0.0719. The van der Waals surface area contributed by atoms with E-state index in [1.165, 1.54) is 0 Å². The summed E-state index contributed by atoms with van der Waals surface area (Å²) < 4.78 is 0. The number of aliphatic hydroxyl groups is 1. The van der Waals surface area contributed by atoms with Gasteiger partial charge in [-0.1, -0.05) is 27.7 Å². The van der Waals surface area contributed by atoms with Crippen molar-refractivity contribution in [2.75, 3.05) is 13.2 Å². The van der Waals surface area contributed by atoms with E-state index < -0.39 is 54.5 Å². The van der Waals surface area contributed by atoms with Gasteiger partial charge in [-0.2, -0.15) is 0 Å². The summed E-state index contributed by atoms with van der Waals surface area (Å²) in [5.74, 6) is -2.86. The number of nitrogens with two attached hydrogens (primary N) is 2. The summed E-state index contributed by atoms with van der Waals surface area (Å²) in [6.07, 6.45) is 2.15. The molecule has 0 heterocycles. The number of carbonyl (C=O) groups excluding carboxylic acids is 3. The maximum atomic E-state index is 13.0. The van der Waals surface area contributed by atoms with Crippen molar-refractivity contribution in [3.63, 3.8) is 0 Å². The molecular weight excluding hydrogens is 418 g/mol. The van der Waals surface area contributed by atoms with Crippen LogP contribution in [-0.4, -0.2) is 71.2 Å². The first-order valence-corrected chi connectivity index (χ1v) is 11.1. The zero-order valence-corrected chi connectivity index (χ0v) is 19.6. The number of hydrogen-bond acceptors (Lipinski definition) is 7. The van der Waals surface area contributed by atoms with Crippen molar-refractivity contribution in [2.24, 2.45) is 23.3 Å². The highest BCUT2D eigenvalue weighted by molar-refractivity contribution is 5.94. The summed E-state index contributed by atoms with van der Waals surface area (Å²) in [6.45, 7) is 7.27. The average molecular weight is 460 g/mol. The monoisotopic (exact) mass is 459 g/mol. The molecule has 4 unspecified atom stereocenters. The number of unbranched alkanes of at least 4 members (excludes halogenated alkanes) is 1. The highest BCUT2D eigenvalue weighted by atomic mass is 16.4. The lowest BCUT2D eigenvalue weighted by molar-refractivity contribution is -0.143. The molecule has 0 aromatic rings. The first kappa shape index (κ1) is 29.8. The Hall–Kier alpha value is -2.24. The van der Waals surface area contributed by atoms with Gasteiger partial charge in [0.15, 0.2) is 0 Å². The number of aliphatic hydroxyl groups excluding tert-OH is 1. The Morgan fingerprint density at radius 1 is 0.781 bits per heavy atom. The molecule has 0 aliphatic carbocycles. The van der Waals surface area contributed by atoms with Crippen molar-refractivity contribution in [2.45, 2.75) is 84.0 Å². The molecule has 0 spiro atoms. The largest absolute Gasteiger partial charge is 0.480 e. The second-order valence-corrected chi connectivity index (χ2v) is 8.85. The van der Waals surface area contributed by atoms with Gasteiger partial charge in [-0.05, 0) is 50.5 Å². The van der Waals surface area contributed by atoms with Crippen molar-refractivity contribution in [3.05, 3.63) is 0 Å². The third-order valence-electron chi connectivity index (χ3n) is 4.78. The van der Waals surface area contributed by atoms with Crippen LogP contribution in [0.2, 0.25) is 0 Å². The summed E-state index contributed by atoms with van der Waals surface area (Å²) in [5.41, 5.74) is 11.4. The van der Waals surface area contributed by atoms with Crippen molar-refractivity contribution in [1.29, 1.82) is 0 Å². The van der Waals surface area contributed by atoms with E-state index in [0.29, 0.717) is 32.2 Å². The predicted molar refractivity (Wildman–Crippen MR) is 120 cm³/mol. The number of carbonyl (C=O) groups is 4. The lowest BCUT2D eigenvalue weighted by Gasteiger charge is -2.26. The standard InChI is InChI=1S/C21H41N5O6/c1-12(2)9-14(23)18(28)25-16(10-13(3)4)20(30)24-15(7-5-6-8-22)19(29)26-17(11-27)21(31)32/h12-17,27H,5-11,22-23H2,1-4H3,(H,24,30)(H,25,28)(H,26,29)(H,31,32). The van der Waals surface area contributed by atoms with Gasteiger partial charge in [0.1, 0.15) is 18.1 Å². The third kappa shape index (κ3) is 12.0. The molecule has 9 N–H and O–H groups in total. The van der Waals surface area contributed by atoms with E-state index >= 15 is 0 Å². The SMILES string of the molecule is CC(C)CC(N)C(=O)NC(CC(C)C)C(=O)NC(CCCCN)C(=O)NC(CO)C(=O)O. The Morgan fingerprint density at radius 3 is 1.75 bits per heavy atom. The zero-order chi connectivity index (χ0) is 24.8. The molecule has 0 saturated heterocycles. The van der Waals surface area contributed by atoms with E-state index in [2.05, 4.69) is 16.0 Å². The van der Waals surface area contributed by atoms with Crippen molar-refractivity contribution in [1.82, 2.24) is 16.0 Å². The summed E-state index contributed by atoms with van der Waals surface area (Å²) >= 11 is 0. The Kier molecular flexibility index (Phi) is 14.5. The molecule has 0 fully saturated rings. The van der Waals surface area contributed by atoms with Crippen molar-refractivity contribution >= 4 is 23.7 Å². The molecule has 0 saturated carbocycles. The van der Waals surface area contributed by atoms with Crippen LogP contribution in [0, 0.1) is 11.8 Å². The van der Waals surface area contributed by atoms with Crippen LogP contribution in [0.25, 0.3) is 0 Å². The van der Waals surface area contributed by atoms with Gasteiger partial charge in [-0.3, -0.25) is 14.4 Å². The Labute approximate surface area is 190 Å². The van der Waals surface area contributed by atoms with Crippen LogP contribution in [0.3, 0.4) is 0 Å². The number of carboxylic acid groups (broad SMARTS) is 1. The molecule has 186 valence electrons. The van der Waals surface area contributed by atoms with Crippen LogP contribution in [-0.2, 0) is 19.2 Å². The van der Waals surface area contributed by atoms with E-state index in [-0.39, 0.29) is 18.3 Å². The maximum absolute atomic E-state index is 13.0. The molecule has 0 aliphatic heterocycles. The molecule has 0 bridgehead atoms. The van der Waals surface area contributed by atoms with E-state index in [1.807, 2.05) is 27.7 Å². The molecule has 0 aromatic carbocycles.